The van der Waals surface area contributed by atoms with Crippen molar-refractivity contribution in [1.29, 1.82) is 0 Å². The molecule has 3 rings (SSSR count). The molecule has 4 nitrogen and oxygen atoms in total. The number of aromatic nitrogens is 1. The molecule has 3 heterocycles. The van der Waals surface area contributed by atoms with Gasteiger partial charge in [0.2, 0.25) is 6.41 Å². The number of hydrogen-bond donors (Lipinski definition) is 0. The van der Waals surface area contributed by atoms with Gasteiger partial charge in [0, 0.05) is 31.5 Å². The molecule has 2 saturated heterocycles. The number of likely N-dealkylation sites (tertiary alicyclic amines) is 2. The largest absolute Gasteiger partial charge is 0.349 e. The van der Waals surface area contributed by atoms with Crippen LogP contribution in [0.2, 0.25) is 0 Å². The average molecular weight is 289 g/mol. The maximum absolute atomic E-state index is 11.2. The van der Waals surface area contributed by atoms with E-state index < -0.39 is 0 Å². The number of rotatable bonds is 4. The summed E-state index contributed by atoms with van der Waals surface area (Å²) >= 11 is 0. The van der Waals surface area contributed by atoms with Crippen LogP contribution in [-0.4, -0.2) is 40.4 Å². The molecule has 21 heavy (non-hydrogen) atoms. The third-order valence-electron chi connectivity index (χ3n) is 5.12. The zero-order chi connectivity index (χ0) is 14.7. The molecule has 1 aromatic rings. The third-order valence-corrected chi connectivity index (χ3v) is 5.12. The van der Waals surface area contributed by atoms with E-state index >= 15 is 0 Å². The molecule has 2 aliphatic heterocycles. The smallest absolute Gasteiger partial charge is 0.210 e. The second kappa shape index (κ2) is 6.65. The van der Waals surface area contributed by atoms with Gasteiger partial charge < -0.3 is 9.47 Å². The maximum Gasteiger partial charge on any atom is 0.210 e. The van der Waals surface area contributed by atoms with E-state index in [0.29, 0.717) is 0 Å². The SMILES string of the molecule is Cn1c(CN2CCCCCC2)ccc1C1CCCN1C=O. The summed E-state index contributed by atoms with van der Waals surface area (Å²) in [6, 6.07) is 4.76. The first-order valence-corrected chi connectivity index (χ1v) is 8.37. The molecule has 1 atom stereocenters. The fraction of sp³-hybridized carbons (Fsp3) is 0.706. The van der Waals surface area contributed by atoms with Gasteiger partial charge >= 0.3 is 0 Å². The summed E-state index contributed by atoms with van der Waals surface area (Å²) in [4.78, 5) is 15.7. The van der Waals surface area contributed by atoms with Gasteiger partial charge in [-0.25, -0.2) is 0 Å². The van der Waals surface area contributed by atoms with E-state index in [1.165, 1.54) is 50.2 Å². The van der Waals surface area contributed by atoms with Crippen molar-refractivity contribution in [3.05, 3.63) is 23.5 Å². The van der Waals surface area contributed by atoms with Crippen LogP contribution in [-0.2, 0) is 18.4 Å². The summed E-state index contributed by atoms with van der Waals surface area (Å²) in [6.07, 6.45) is 8.66. The summed E-state index contributed by atoms with van der Waals surface area (Å²) < 4.78 is 2.32. The lowest BCUT2D eigenvalue weighted by atomic mass is 10.1. The highest BCUT2D eigenvalue weighted by molar-refractivity contribution is 5.49. The summed E-state index contributed by atoms with van der Waals surface area (Å²) in [5, 5.41) is 0. The highest BCUT2D eigenvalue weighted by Crippen LogP contribution is 2.31. The Morgan fingerprint density at radius 2 is 1.86 bits per heavy atom. The van der Waals surface area contributed by atoms with Crippen LogP contribution in [0.1, 0.15) is 56.0 Å². The lowest BCUT2D eigenvalue weighted by molar-refractivity contribution is -0.119. The van der Waals surface area contributed by atoms with Crippen LogP contribution in [0.4, 0.5) is 0 Å². The van der Waals surface area contributed by atoms with Gasteiger partial charge in [0.1, 0.15) is 0 Å². The highest BCUT2D eigenvalue weighted by atomic mass is 16.1. The number of carbonyl (C=O) groups is 1. The minimum atomic E-state index is 0.283. The van der Waals surface area contributed by atoms with Crippen molar-refractivity contribution in [3.8, 4) is 0 Å². The highest BCUT2D eigenvalue weighted by Gasteiger charge is 2.27. The van der Waals surface area contributed by atoms with Crippen LogP contribution in [0.15, 0.2) is 12.1 Å². The zero-order valence-electron chi connectivity index (χ0n) is 13.1. The lowest BCUT2D eigenvalue weighted by Gasteiger charge is -2.23. The Balaban J connectivity index is 1.71. The Morgan fingerprint density at radius 3 is 2.57 bits per heavy atom. The molecule has 4 heteroatoms. The first-order valence-electron chi connectivity index (χ1n) is 8.37. The van der Waals surface area contributed by atoms with Gasteiger partial charge in [0.15, 0.2) is 0 Å². The molecule has 1 unspecified atom stereocenters. The fourth-order valence-corrected chi connectivity index (χ4v) is 3.82. The molecule has 2 aliphatic rings. The summed E-state index contributed by atoms with van der Waals surface area (Å²) in [7, 11) is 2.16. The number of amides is 1. The molecule has 2 fully saturated rings. The van der Waals surface area contributed by atoms with Crippen LogP contribution in [0.5, 0.6) is 0 Å². The van der Waals surface area contributed by atoms with E-state index in [9.17, 15) is 4.79 Å². The molecule has 0 saturated carbocycles. The van der Waals surface area contributed by atoms with Gasteiger partial charge in [0.25, 0.3) is 0 Å². The van der Waals surface area contributed by atoms with E-state index in [4.69, 9.17) is 0 Å². The molecule has 1 amide bonds. The Bertz CT molecular complexity index is 474. The van der Waals surface area contributed by atoms with Crippen LogP contribution in [0, 0.1) is 0 Å². The predicted molar refractivity (Wildman–Crippen MR) is 83.9 cm³/mol. The normalized spacial score (nSPS) is 24.2. The minimum Gasteiger partial charge on any atom is -0.349 e. The first-order chi connectivity index (χ1) is 10.3. The quantitative estimate of drug-likeness (QED) is 0.797. The molecule has 1 aromatic heterocycles. The predicted octanol–water partition coefficient (Wildman–Crippen LogP) is 2.69. The van der Waals surface area contributed by atoms with E-state index in [1.54, 1.807) is 0 Å². The molecule has 116 valence electrons. The second-order valence-corrected chi connectivity index (χ2v) is 6.50. The Kier molecular flexibility index (Phi) is 4.63. The van der Waals surface area contributed by atoms with Crippen molar-refractivity contribution in [3.63, 3.8) is 0 Å². The molecule has 0 bridgehead atoms. The first kappa shape index (κ1) is 14.6. The van der Waals surface area contributed by atoms with Gasteiger partial charge in [-0.1, -0.05) is 12.8 Å². The summed E-state index contributed by atoms with van der Waals surface area (Å²) in [5.74, 6) is 0. The average Bonchev–Trinajstić information content (AvgIpc) is 2.99. The maximum atomic E-state index is 11.2. The minimum absolute atomic E-state index is 0.283. The van der Waals surface area contributed by atoms with E-state index in [2.05, 4.69) is 28.6 Å². The van der Waals surface area contributed by atoms with Crippen molar-refractivity contribution in [2.45, 2.75) is 51.1 Å². The summed E-state index contributed by atoms with van der Waals surface area (Å²) in [5.41, 5.74) is 2.68. The second-order valence-electron chi connectivity index (χ2n) is 6.50. The van der Waals surface area contributed by atoms with Crippen molar-refractivity contribution in [1.82, 2.24) is 14.4 Å². The number of nitrogens with zero attached hydrogens (tertiary/aromatic N) is 3. The van der Waals surface area contributed by atoms with E-state index in [0.717, 1.165) is 32.3 Å². The van der Waals surface area contributed by atoms with Crippen molar-refractivity contribution in [2.24, 2.45) is 7.05 Å². The molecule has 0 aliphatic carbocycles. The molecule has 0 N–H and O–H groups in total. The number of carbonyl (C=O) groups excluding carboxylic acids is 1. The van der Waals surface area contributed by atoms with Crippen molar-refractivity contribution in [2.75, 3.05) is 19.6 Å². The molecular weight excluding hydrogens is 262 g/mol. The Hall–Kier alpha value is -1.29. The number of hydrogen-bond acceptors (Lipinski definition) is 2. The van der Waals surface area contributed by atoms with Crippen LogP contribution in [0.3, 0.4) is 0 Å². The molecule has 0 aromatic carbocycles. The van der Waals surface area contributed by atoms with Gasteiger partial charge in [-0.05, 0) is 50.9 Å². The van der Waals surface area contributed by atoms with E-state index in [-0.39, 0.29) is 6.04 Å². The van der Waals surface area contributed by atoms with Gasteiger partial charge in [-0.3, -0.25) is 9.69 Å². The standard InChI is InChI=1S/C17H27N3O/c1-18-15(13-19-10-4-2-3-5-11-19)8-9-16(18)17-7-6-12-20(17)14-21/h8-9,14,17H,2-7,10-13H2,1H3. The van der Waals surface area contributed by atoms with E-state index in [1.807, 2.05) is 4.90 Å². The van der Waals surface area contributed by atoms with Crippen LogP contribution >= 0.6 is 0 Å². The molecular formula is C17H27N3O. The van der Waals surface area contributed by atoms with Gasteiger partial charge in [-0.15, -0.1) is 0 Å². The fourth-order valence-electron chi connectivity index (χ4n) is 3.82. The van der Waals surface area contributed by atoms with Crippen molar-refractivity contribution >= 4 is 6.41 Å². The van der Waals surface area contributed by atoms with Crippen LogP contribution in [0.25, 0.3) is 0 Å². The molecule has 0 radical (unpaired) electrons. The lowest BCUT2D eigenvalue weighted by Crippen LogP contribution is -2.26. The zero-order valence-corrected chi connectivity index (χ0v) is 13.1. The molecule has 0 spiro atoms. The van der Waals surface area contributed by atoms with Gasteiger partial charge in [0.05, 0.1) is 6.04 Å². The third kappa shape index (κ3) is 3.15. The Morgan fingerprint density at radius 1 is 1.10 bits per heavy atom. The Labute approximate surface area is 127 Å². The monoisotopic (exact) mass is 289 g/mol. The van der Waals surface area contributed by atoms with Gasteiger partial charge in [-0.2, -0.15) is 0 Å². The van der Waals surface area contributed by atoms with Crippen molar-refractivity contribution < 1.29 is 4.79 Å². The topological polar surface area (TPSA) is 28.5 Å². The summed E-state index contributed by atoms with van der Waals surface area (Å²) in [6.45, 7) is 4.40. The van der Waals surface area contributed by atoms with Crippen LogP contribution < -0.4 is 0 Å².